The number of nitrogens with one attached hydrogen (secondary N) is 1. The monoisotopic (exact) mass is 427 g/mol. The van der Waals surface area contributed by atoms with Gasteiger partial charge in [-0.3, -0.25) is 9.69 Å². The molecule has 1 aromatic carbocycles. The smallest absolute Gasteiger partial charge is 0.243 e. The van der Waals surface area contributed by atoms with Gasteiger partial charge in [0.25, 0.3) is 0 Å². The van der Waals surface area contributed by atoms with Crippen molar-refractivity contribution in [2.45, 2.75) is 62.8 Å². The van der Waals surface area contributed by atoms with Crippen molar-refractivity contribution in [1.29, 1.82) is 0 Å². The minimum absolute atomic E-state index is 0.156. The number of halogens is 1. The number of carbonyl (C=O) groups is 1. The van der Waals surface area contributed by atoms with Crippen molar-refractivity contribution >= 4 is 33.2 Å². The number of sulfonamides is 1. The Morgan fingerprint density at radius 1 is 1.00 bits per heavy atom. The van der Waals surface area contributed by atoms with Crippen LogP contribution in [0.2, 0.25) is 5.02 Å². The standard InChI is InChI=1S/C20H30ClN3O3S/c1-16(23-11-5-2-3-6-12-23)20(25)22-19-15-17(9-10-18(19)21)28(26,27)24-13-7-4-8-14-24/h9-10,15-16H,2-8,11-14H2,1H3,(H,22,25). The molecule has 3 rings (SSSR count). The van der Waals surface area contributed by atoms with Crippen molar-refractivity contribution < 1.29 is 13.2 Å². The Bertz CT molecular complexity index is 786. The summed E-state index contributed by atoms with van der Waals surface area (Å²) in [5, 5.41) is 3.19. The van der Waals surface area contributed by atoms with Crippen molar-refractivity contribution in [3.63, 3.8) is 0 Å². The maximum absolute atomic E-state index is 12.9. The van der Waals surface area contributed by atoms with Crippen molar-refractivity contribution in [2.24, 2.45) is 0 Å². The minimum atomic E-state index is -3.57. The van der Waals surface area contributed by atoms with Gasteiger partial charge in [0, 0.05) is 13.1 Å². The highest BCUT2D eigenvalue weighted by atomic mass is 35.5. The molecule has 6 nitrogen and oxygen atoms in total. The Hall–Kier alpha value is -1.15. The average molecular weight is 428 g/mol. The zero-order valence-electron chi connectivity index (χ0n) is 16.5. The fraction of sp³-hybridized carbons (Fsp3) is 0.650. The van der Waals surface area contributed by atoms with E-state index in [0.29, 0.717) is 23.8 Å². The molecule has 1 amide bonds. The molecule has 1 N–H and O–H groups in total. The number of amides is 1. The Kier molecular flexibility index (Phi) is 7.36. The third-order valence-electron chi connectivity index (χ3n) is 5.72. The molecule has 1 atom stereocenters. The van der Waals surface area contributed by atoms with Gasteiger partial charge in [-0.15, -0.1) is 0 Å². The molecule has 2 heterocycles. The number of nitrogens with zero attached hydrogens (tertiary/aromatic N) is 2. The Labute approximate surface area is 173 Å². The molecule has 2 fully saturated rings. The molecule has 2 aliphatic rings. The highest BCUT2D eigenvalue weighted by Gasteiger charge is 2.27. The molecule has 0 radical (unpaired) electrons. The van der Waals surface area contributed by atoms with Gasteiger partial charge in [0.15, 0.2) is 0 Å². The molecular weight excluding hydrogens is 398 g/mol. The van der Waals surface area contributed by atoms with Gasteiger partial charge < -0.3 is 5.32 Å². The van der Waals surface area contributed by atoms with E-state index in [9.17, 15) is 13.2 Å². The molecular formula is C20H30ClN3O3S. The van der Waals surface area contributed by atoms with Crippen molar-refractivity contribution in [3.05, 3.63) is 23.2 Å². The van der Waals surface area contributed by atoms with Gasteiger partial charge in [-0.05, 0) is 63.9 Å². The quantitative estimate of drug-likeness (QED) is 0.777. The number of benzene rings is 1. The van der Waals surface area contributed by atoms with Crippen molar-refractivity contribution in [3.8, 4) is 0 Å². The van der Waals surface area contributed by atoms with Crippen molar-refractivity contribution in [2.75, 3.05) is 31.5 Å². The first-order valence-electron chi connectivity index (χ1n) is 10.2. The Balaban J connectivity index is 1.74. The normalized spacial score (nSPS) is 21.1. The fourth-order valence-electron chi connectivity index (χ4n) is 3.90. The SMILES string of the molecule is CC(C(=O)Nc1cc(S(=O)(=O)N2CCCCC2)ccc1Cl)N1CCCCCC1. The largest absolute Gasteiger partial charge is 0.323 e. The maximum atomic E-state index is 12.9. The molecule has 2 saturated heterocycles. The Morgan fingerprint density at radius 2 is 1.57 bits per heavy atom. The van der Waals surface area contributed by atoms with E-state index in [-0.39, 0.29) is 16.8 Å². The topological polar surface area (TPSA) is 69.7 Å². The third-order valence-corrected chi connectivity index (χ3v) is 7.94. The second-order valence-electron chi connectivity index (χ2n) is 7.72. The number of hydrogen-bond donors (Lipinski definition) is 1. The Morgan fingerprint density at radius 3 is 2.21 bits per heavy atom. The van der Waals surface area contributed by atoms with E-state index in [0.717, 1.165) is 45.2 Å². The highest BCUT2D eigenvalue weighted by molar-refractivity contribution is 7.89. The second-order valence-corrected chi connectivity index (χ2v) is 10.1. The minimum Gasteiger partial charge on any atom is -0.323 e. The van der Waals surface area contributed by atoms with Gasteiger partial charge in [-0.2, -0.15) is 4.31 Å². The molecule has 0 aliphatic carbocycles. The van der Waals surface area contributed by atoms with Crippen LogP contribution >= 0.6 is 11.6 Å². The van der Waals surface area contributed by atoms with E-state index in [4.69, 9.17) is 11.6 Å². The molecule has 0 bridgehead atoms. The van der Waals surface area contributed by atoms with Crippen LogP contribution < -0.4 is 5.32 Å². The van der Waals surface area contributed by atoms with E-state index in [1.54, 1.807) is 6.07 Å². The second kappa shape index (κ2) is 9.57. The van der Waals surface area contributed by atoms with Crippen LogP contribution in [0.5, 0.6) is 0 Å². The lowest BCUT2D eigenvalue weighted by Gasteiger charge is -2.27. The zero-order valence-corrected chi connectivity index (χ0v) is 18.1. The maximum Gasteiger partial charge on any atom is 0.243 e. The number of anilines is 1. The highest BCUT2D eigenvalue weighted by Crippen LogP contribution is 2.28. The van der Waals surface area contributed by atoms with Gasteiger partial charge in [-0.1, -0.05) is 30.9 Å². The number of hydrogen-bond acceptors (Lipinski definition) is 4. The van der Waals surface area contributed by atoms with E-state index in [1.165, 1.54) is 29.3 Å². The van der Waals surface area contributed by atoms with Crippen LogP contribution in [0.15, 0.2) is 23.1 Å². The van der Waals surface area contributed by atoms with Crippen LogP contribution in [0.3, 0.4) is 0 Å². The molecule has 0 spiro atoms. The molecule has 28 heavy (non-hydrogen) atoms. The summed E-state index contributed by atoms with van der Waals surface area (Å²) in [6.45, 7) is 4.79. The summed E-state index contributed by atoms with van der Waals surface area (Å²) < 4.78 is 27.4. The van der Waals surface area contributed by atoms with Crippen LogP contribution in [0.25, 0.3) is 0 Å². The van der Waals surface area contributed by atoms with Crippen LogP contribution in [0.4, 0.5) is 5.69 Å². The summed E-state index contributed by atoms with van der Waals surface area (Å²) in [6.07, 6.45) is 7.42. The van der Waals surface area contributed by atoms with E-state index < -0.39 is 10.0 Å². The first kappa shape index (κ1) is 21.6. The van der Waals surface area contributed by atoms with E-state index in [1.807, 2.05) is 6.92 Å². The summed E-state index contributed by atoms with van der Waals surface area (Å²) in [4.78, 5) is 15.1. The van der Waals surface area contributed by atoms with Gasteiger partial charge in [0.2, 0.25) is 15.9 Å². The molecule has 1 unspecified atom stereocenters. The number of likely N-dealkylation sites (tertiary alicyclic amines) is 1. The number of rotatable bonds is 5. The molecule has 8 heteroatoms. The molecule has 0 saturated carbocycles. The van der Waals surface area contributed by atoms with Crippen LogP contribution in [-0.4, -0.2) is 55.8 Å². The summed E-state index contributed by atoms with van der Waals surface area (Å²) in [5.74, 6) is -0.156. The van der Waals surface area contributed by atoms with Crippen LogP contribution in [-0.2, 0) is 14.8 Å². The summed E-state index contributed by atoms with van der Waals surface area (Å²) >= 11 is 6.26. The number of carbonyl (C=O) groups excluding carboxylic acids is 1. The third kappa shape index (κ3) is 5.06. The predicted molar refractivity (Wildman–Crippen MR) is 112 cm³/mol. The summed E-state index contributed by atoms with van der Waals surface area (Å²) in [5.41, 5.74) is 0.353. The zero-order chi connectivity index (χ0) is 20.1. The van der Waals surface area contributed by atoms with Crippen LogP contribution in [0.1, 0.15) is 51.9 Å². The molecule has 1 aromatic rings. The molecule has 156 valence electrons. The lowest BCUT2D eigenvalue weighted by Crippen LogP contribution is -2.42. The van der Waals surface area contributed by atoms with Gasteiger partial charge in [0.1, 0.15) is 0 Å². The lowest BCUT2D eigenvalue weighted by atomic mass is 10.2. The summed E-state index contributed by atoms with van der Waals surface area (Å²) in [7, 11) is -3.57. The fourth-order valence-corrected chi connectivity index (χ4v) is 5.61. The average Bonchev–Trinajstić information content (AvgIpc) is 2.99. The predicted octanol–water partition coefficient (Wildman–Crippen LogP) is 3.72. The van der Waals surface area contributed by atoms with Gasteiger partial charge in [-0.25, -0.2) is 8.42 Å². The summed E-state index contributed by atoms with van der Waals surface area (Å²) in [6, 6.07) is 4.26. The van der Waals surface area contributed by atoms with Gasteiger partial charge in [0.05, 0.1) is 21.6 Å². The van der Waals surface area contributed by atoms with Crippen LogP contribution in [0, 0.1) is 0 Å². The van der Waals surface area contributed by atoms with E-state index >= 15 is 0 Å². The first-order valence-corrected chi connectivity index (χ1v) is 12.1. The van der Waals surface area contributed by atoms with E-state index in [2.05, 4.69) is 10.2 Å². The molecule has 0 aromatic heterocycles. The molecule has 2 aliphatic heterocycles. The van der Waals surface area contributed by atoms with Crippen molar-refractivity contribution in [1.82, 2.24) is 9.21 Å². The lowest BCUT2D eigenvalue weighted by molar-refractivity contribution is -0.120. The number of piperidine rings is 1. The first-order chi connectivity index (χ1) is 13.4. The van der Waals surface area contributed by atoms with Gasteiger partial charge >= 0.3 is 0 Å².